The van der Waals surface area contributed by atoms with Crippen molar-refractivity contribution < 1.29 is 23.9 Å². The fraction of sp³-hybridized carbons (Fsp3) is 0.192. The van der Waals surface area contributed by atoms with Gasteiger partial charge in [0.25, 0.3) is 5.91 Å². The summed E-state index contributed by atoms with van der Waals surface area (Å²) >= 11 is 0. The molecule has 0 atom stereocenters. The van der Waals surface area contributed by atoms with Gasteiger partial charge in [-0.2, -0.15) is 0 Å². The maximum Gasteiger partial charge on any atom is 0.255 e. The molecule has 172 valence electrons. The first-order chi connectivity index (χ1) is 16.5. The standard InChI is InChI=1S/C26H23N3O5/c30-24(3-1-2-16-4-10-21-18(12-16)14-25(31)29-21)27-19-6-8-20(9-7-19)28-26(32)17-5-11-22-23(13-17)34-15-33-22/h4-13H,1-3,14-15H2,(H,27,30)(H,28,32)(H,29,31). The Labute approximate surface area is 196 Å². The fourth-order valence-corrected chi connectivity index (χ4v) is 3.99. The zero-order valence-corrected chi connectivity index (χ0v) is 18.4. The van der Waals surface area contributed by atoms with Gasteiger partial charge in [-0.3, -0.25) is 14.4 Å². The van der Waals surface area contributed by atoms with Crippen LogP contribution in [-0.2, 0) is 22.4 Å². The first-order valence-electron chi connectivity index (χ1n) is 11.1. The van der Waals surface area contributed by atoms with Gasteiger partial charge in [0.2, 0.25) is 18.6 Å². The normalized spacial score (nSPS) is 13.2. The van der Waals surface area contributed by atoms with E-state index in [4.69, 9.17) is 9.47 Å². The van der Waals surface area contributed by atoms with Gasteiger partial charge in [0.15, 0.2) is 11.5 Å². The van der Waals surface area contributed by atoms with Crippen LogP contribution >= 0.6 is 0 Å². The summed E-state index contributed by atoms with van der Waals surface area (Å²) in [6, 6.07) is 17.9. The molecule has 34 heavy (non-hydrogen) atoms. The third-order valence-corrected chi connectivity index (χ3v) is 5.73. The zero-order chi connectivity index (χ0) is 23.5. The molecule has 0 saturated heterocycles. The van der Waals surface area contributed by atoms with Crippen LogP contribution in [0, 0.1) is 0 Å². The predicted octanol–water partition coefficient (Wildman–Crippen LogP) is 4.12. The van der Waals surface area contributed by atoms with Gasteiger partial charge < -0.3 is 25.4 Å². The number of aryl methyl sites for hydroxylation is 1. The van der Waals surface area contributed by atoms with E-state index in [9.17, 15) is 14.4 Å². The van der Waals surface area contributed by atoms with Crippen LogP contribution in [0.4, 0.5) is 17.1 Å². The average molecular weight is 457 g/mol. The van der Waals surface area contributed by atoms with Crippen molar-refractivity contribution >= 4 is 34.8 Å². The van der Waals surface area contributed by atoms with Crippen molar-refractivity contribution in [1.82, 2.24) is 0 Å². The molecule has 0 radical (unpaired) electrons. The zero-order valence-electron chi connectivity index (χ0n) is 18.4. The second-order valence-corrected chi connectivity index (χ2v) is 8.22. The molecule has 3 N–H and O–H groups in total. The van der Waals surface area contributed by atoms with Crippen molar-refractivity contribution in [3.05, 3.63) is 77.4 Å². The van der Waals surface area contributed by atoms with E-state index in [0.29, 0.717) is 47.7 Å². The summed E-state index contributed by atoms with van der Waals surface area (Å²) in [5.74, 6) is 0.855. The van der Waals surface area contributed by atoms with E-state index >= 15 is 0 Å². The Morgan fingerprint density at radius 3 is 2.47 bits per heavy atom. The number of rotatable bonds is 7. The minimum absolute atomic E-state index is 0.0186. The number of hydrogen-bond donors (Lipinski definition) is 3. The van der Waals surface area contributed by atoms with E-state index in [-0.39, 0.29) is 24.5 Å². The Bertz CT molecular complexity index is 1270. The smallest absolute Gasteiger partial charge is 0.255 e. The van der Waals surface area contributed by atoms with Crippen molar-refractivity contribution in [2.24, 2.45) is 0 Å². The molecule has 0 unspecified atom stereocenters. The van der Waals surface area contributed by atoms with Gasteiger partial charge in [-0.25, -0.2) is 0 Å². The lowest BCUT2D eigenvalue weighted by molar-refractivity contribution is -0.116. The fourth-order valence-electron chi connectivity index (χ4n) is 3.99. The predicted molar refractivity (Wildman–Crippen MR) is 127 cm³/mol. The molecule has 5 rings (SSSR count). The van der Waals surface area contributed by atoms with Crippen molar-refractivity contribution in [1.29, 1.82) is 0 Å². The summed E-state index contributed by atoms with van der Waals surface area (Å²) in [7, 11) is 0. The number of ether oxygens (including phenoxy) is 2. The number of carbonyl (C=O) groups is 3. The van der Waals surface area contributed by atoms with Crippen LogP contribution in [0.15, 0.2) is 60.7 Å². The number of hydrogen-bond acceptors (Lipinski definition) is 5. The van der Waals surface area contributed by atoms with Crippen LogP contribution < -0.4 is 25.4 Å². The molecule has 2 heterocycles. The summed E-state index contributed by atoms with van der Waals surface area (Å²) in [6.07, 6.45) is 2.27. The molecule has 0 bridgehead atoms. The average Bonchev–Trinajstić information content (AvgIpc) is 3.44. The summed E-state index contributed by atoms with van der Waals surface area (Å²) < 4.78 is 10.6. The molecule has 3 amide bonds. The molecule has 0 saturated carbocycles. The molecule has 2 aliphatic heterocycles. The highest BCUT2D eigenvalue weighted by molar-refractivity contribution is 6.05. The van der Waals surface area contributed by atoms with Crippen molar-refractivity contribution in [2.45, 2.75) is 25.7 Å². The molecular weight excluding hydrogens is 434 g/mol. The van der Waals surface area contributed by atoms with Crippen LogP contribution in [0.5, 0.6) is 11.5 Å². The van der Waals surface area contributed by atoms with Crippen LogP contribution in [0.3, 0.4) is 0 Å². The Kier molecular flexibility index (Phi) is 5.86. The molecular formula is C26H23N3O5. The Balaban J connectivity index is 1.09. The largest absolute Gasteiger partial charge is 0.454 e. The van der Waals surface area contributed by atoms with Gasteiger partial charge in [0.05, 0.1) is 6.42 Å². The highest BCUT2D eigenvalue weighted by atomic mass is 16.7. The Hall–Kier alpha value is -4.33. The van der Waals surface area contributed by atoms with Crippen LogP contribution in [0.25, 0.3) is 0 Å². The summed E-state index contributed by atoms with van der Waals surface area (Å²) in [5, 5.41) is 8.53. The number of fused-ring (bicyclic) bond motifs is 2. The van der Waals surface area contributed by atoms with Gasteiger partial charge in [-0.1, -0.05) is 12.1 Å². The summed E-state index contributed by atoms with van der Waals surface area (Å²) in [6.45, 7) is 0.154. The maximum absolute atomic E-state index is 12.5. The quantitative estimate of drug-likeness (QED) is 0.495. The number of carbonyl (C=O) groups excluding carboxylic acids is 3. The lowest BCUT2D eigenvalue weighted by Gasteiger charge is -2.09. The van der Waals surface area contributed by atoms with Gasteiger partial charge in [-0.05, 0) is 72.5 Å². The Morgan fingerprint density at radius 1 is 0.882 bits per heavy atom. The van der Waals surface area contributed by atoms with Crippen molar-refractivity contribution in [2.75, 3.05) is 22.7 Å². The van der Waals surface area contributed by atoms with Crippen LogP contribution in [0.1, 0.15) is 34.3 Å². The van der Waals surface area contributed by atoms with Gasteiger partial charge >= 0.3 is 0 Å². The van der Waals surface area contributed by atoms with Crippen LogP contribution in [-0.4, -0.2) is 24.5 Å². The third-order valence-electron chi connectivity index (χ3n) is 5.73. The van der Waals surface area contributed by atoms with Crippen LogP contribution in [0.2, 0.25) is 0 Å². The SMILES string of the molecule is O=C(CCCc1ccc2c(c1)CC(=O)N2)Nc1ccc(NC(=O)c2ccc3c(c2)OCO3)cc1. The minimum Gasteiger partial charge on any atom is -0.454 e. The lowest BCUT2D eigenvalue weighted by atomic mass is 10.0. The van der Waals surface area contributed by atoms with Crippen molar-refractivity contribution in [3.8, 4) is 11.5 Å². The number of nitrogens with one attached hydrogen (secondary N) is 3. The van der Waals surface area contributed by atoms with E-state index in [2.05, 4.69) is 16.0 Å². The van der Waals surface area contributed by atoms with E-state index in [1.807, 2.05) is 18.2 Å². The molecule has 3 aromatic carbocycles. The minimum atomic E-state index is -0.262. The monoisotopic (exact) mass is 457 g/mol. The second kappa shape index (κ2) is 9.27. The molecule has 0 aliphatic carbocycles. The first-order valence-corrected chi connectivity index (χ1v) is 11.1. The third kappa shape index (κ3) is 4.85. The lowest BCUT2D eigenvalue weighted by Crippen LogP contribution is -2.13. The molecule has 0 aromatic heterocycles. The summed E-state index contributed by atoms with van der Waals surface area (Å²) in [5.41, 5.74) is 4.75. The molecule has 3 aromatic rings. The van der Waals surface area contributed by atoms with E-state index < -0.39 is 0 Å². The van der Waals surface area contributed by atoms with E-state index in [1.165, 1.54) is 0 Å². The summed E-state index contributed by atoms with van der Waals surface area (Å²) in [4.78, 5) is 36.3. The van der Waals surface area contributed by atoms with E-state index in [1.54, 1.807) is 42.5 Å². The second-order valence-electron chi connectivity index (χ2n) is 8.22. The molecule has 0 fully saturated rings. The molecule has 8 heteroatoms. The van der Waals surface area contributed by atoms with Gasteiger partial charge in [0, 0.05) is 29.0 Å². The van der Waals surface area contributed by atoms with Gasteiger partial charge in [-0.15, -0.1) is 0 Å². The topological polar surface area (TPSA) is 106 Å². The number of amides is 3. The number of anilines is 3. The highest BCUT2D eigenvalue weighted by Gasteiger charge is 2.18. The number of benzene rings is 3. The maximum atomic E-state index is 12.5. The Morgan fingerprint density at radius 2 is 1.65 bits per heavy atom. The molecule has 8 nitrogen and oxygen atoms in total. The molecule has 0 spiro atoms. The van der Waals surface area contributed by atoms with Gasteiger partial charge in [0.1, 0.15) is 0 Å². The molecule has 2 aliphatic rings. The first kappa shape index (κ1) is 21.5. The van der Waals surface area contributed by atoms with Crippen molar-refractivity contribution in [3.63, 3.8) is 0 Å². The van der Waals surface area contributed by atoms with E-state index in [0.717, 1.165) is 23.2 Å². The highest BCUT2D eigenvalue weighted by Crippen LogP contribution is 2.32.